The molecule has 0 bridgehead atoms. The Kier molecular flexibility index (Phi) is 2.93. The van der Waals surface area contributed by atoms with Gasteiger partial charge < -0.3 is 11.1 Å². The summed E-state index contributed by atoms with van der Waals surface area (Å²) in [6.07, 6.45) is 0. The van der Waals surface area contributed by atoms with Crippen molar-refractivity contribution in [2.45, 2.75) is 13.8 Å². The number of thiazole rings is 1. The van der Waals surface area contributed by atoms with E-state index in [2.05, 4.69) is 10.3 Å². The van der Waals surface area contributed by atoms with E-state index in [-0.39, 0.29) is 5.91 Å². The zero-order valence-corrected chi connectivity index (χ0v) is 10.5. The Morgan fingerprint density at radius 2 is 2.19 bits per heavy atom. The minimum Gasteiger partial charge on any atom is -0.391 e. The number of carbonyl (C=O) groups excluding carboxylic acids is 1. The van der Waals surface area contributed by atoms with Crippen molar-refractivity contribution < 1.29 is 4.79 Å². The summed E-state index contributed by atoms with van der Waals surface area (Å²) in [6, 6.07) is 3.84. The Morgan fingerprint density at radius 3 is 2.75 bits per heavy atom. The van der Waals surface area contributed by atoms with Gasteiger partial charge in [0.2, 0.25) is 5.91 Å². The first-order chi connectivity index (χ1) is 7.56. The number of nitrogen functional groups attached to an aromatic ring is 1. The van der Waals surface area contributed by atoms with Gasteiger partial charge in [-0.1, -0.05) is 11.3 Å². The number of aromatic nitrogens is 1. The molecule has 0 unspecified atom stereocenters. The molecule has 2 aromatic heterocycles. The van der Waals surface area contributed by atoms with Gasteiger partial charge in [-0.15, -0.1) is 11.3 Å². The van der Waals surface area contributed by atoms with Crippen LogP contribution < -0.4 is 11.1 Å². The summed E-state index contributed by atoms with van der Waals surface area (Å²) in [6.45, 7) is 3.40. The lowest BCUT2D eigenvalue weighted by Crippen LogP contribution is -2.04. The summed E-state index contributed by atoms with van der Waals surface area (Å²) < 4.78 is 0. The fourth-order valence-corrected chi connectivity index (χ4v) is 3.25. The van der Waals surface area contributed by atoms with Crippen molar-refractivity contribution in [1.29, 1.82) is 0 Å². The van der Waals surface area contributed by atoms with Crippen LogP contribution in [0, 0.1) is 6.92 Å². The van der Waals surface area contributed by atoms with E-state index in [0.717, 1.165) is 20.4 Å². The maximum Gasteiger partial charge on any atom is 0.223 e. The van der Waals surface area contributed by atoms with Gasteiger partial charge in [-0.2, -0.15) is 0 Å². The Balaban J connectivity index is 2.35. The molecule has 0 saturated heterocycles. The zero-order chi connectivity index (χ0) is 11.7. The molecule has 2 aromatic rings. The number of rotatable bonds is 2. The predicted molar refractivity (Wildman–Crippen MR) is 68.9 cm³/mol. The molecular formula is C10H11N3OS2. The second-order valence-electron chi connectivity index (χ2n) is 3.32. The Labute approximate surface area is 101 Å². The largest absolute Gasteiger partial charge is 0.391 e. The zero-order valence-electron chi connectivity index (χ0n) is 8.90. The highest BCUT2D eigenvalue weighted by molar-refractivity contribution is 7.25. The van der Waals surface area contributed by atoms with Gasteiger partial charge in [0.1, 0.15) is 0 Å². The van der Waals surface area contributed by atoms with E-state index in [9.17, 15) is 4.79 Å². The Bertz CT molecular complexity index is 530. The van der Waals surface area contributed by atoms with Crippen molar-refractivity contribution in [3.8, 4) is 9.75 Å². The van der Waals surface area contributed by atoms with Crippen LogP contribution in [0.25, 0.3) is 9.75 Å². The number of hydrogen-bond donors (Lipinski definition) is 2. The van der Waals surface area contributed by atoms with E-state index in [1.165, 1.54) is 29.6 Å². The van der Waals surface area contributed by atoms with Crippen molar-refractivity contribution in [2.24, 2.45) is 0 Å². The first kappa shape index (κ1) is 11.1. The smallest absolute Gasteiger partial charge is 0.223 e. The molecule has 0 fully saturated rings. The van der Waals surface area contributed by atoms with Crippen LogP contribution in [0.1, 0.15) is 12.6 Å². The molecule has 2 heterocycles. The number of amides is 1. The molecule has 0 aromatic carbocycles. The molecule has 1 amide bonds. The van der Waals surface area contributed by atoms with Gasteiger partial charge in [0.25, 0.3) is 0 Å². The van der Waals surface area contributed by atoms with Crippen molar-refractivity contribution >= 4 is 38.7 Å². The monoisotopic (exact) mass is 253 g/mol. The van der Waals surface area contributed by atoms with Crippen LogP contribution in [-0.4, -0.2) is 10.9 Å². The first-order valence-corrected chi connectivity index (χ1v) is 6.30. The van der Waals surface area contributed by atoms with Crippen molar-refractivity contribution in [3.63, 3.8) is 0 Å². The molecule has 0 aliphatic carbocycles. The number of thiophene rings is 1. The van der Waals surface area contributed by atoms with Crippen LogP contribution >= 0.6 is 22.7 Å². The van der Waals surface area contributed by atoms with Crippen LogP contribution in [0.5, 0.6) is 0 Å². The van der Waals surface area contributed by atoms with Crippen LogP contribution in [0.2, 0.25) is 0 Å². The maximum absolute atomic E-state index is 10.9. The molecule has 0 radical (unpaired) electrons. The number of anilines is 2. The highest BCUT2D eigenvalue weighted by Gasteiger charge is 2.11. The van der Waals surface area contributed by atoms with Crippen LogP contribution in [0.4, 0.5) is 10.1 Å². The topological polar surface area (TPSA) is 68.0 Å². The number of aryl methyl sites for hydroxylation is 1. The average molecular weight is 253 g/mol. The lowest BCUT2D eigenvalue weighted by Gasteiger charge is -1.92. The lowest BCUT2D eigenvalue weighted by atomic mass is 10.3. The summed E-state index contributed by atoms with van der Waals surface area (Å²) in [4.78, 5) is 17.3. The predicted octanol–water partition coefficient (Wildman–Crippen LogP) is 2.72. The molecule has 0 spiro atoms. The van der Waals surface area contributed by atoms with E-state index in [1.807, 2.05) is 19.1 Å². The van der Waals surface area contributed by atoms with Crippen molar-refractivity contribution in [1.82, 2.24) is 4.98 Å². The Morgan fingerprint density at radius 1 is 1.44 bits per heavy atom. The van der Waals surface area contributed by atoms with Crippen molar-refractivity contribution in [2.75, 3.05) is 11.1 Å². The van der Waals surface area contributed by atoms with Gasteiger partial charge in [0.05, 0.1) is 15.6 Å². The van der Waals surface area contributed by atoms with Crippen molar-refractivity contribution in [3.05, 3.63) is 17.8 Å². The second kappa shape index (κ2) is 4.23. The minimum absolute atomic E-state index is 0.106. The lowest BCUT2D eigenvalue weighted by molar-refractivity contribution is -0.114. The van der Waals surface area contributed by atoms with Gasteiger partial charge in [-0.3, -0.25) is 4.79 Å². The molecule has 16 heavy (non-hydrogen) atoms. The number of nitrogens with two attached hydrogens (primary N) is 1. The highest BCUT2D eigenvalue weighted by atomic mass is 32.1. The molecule has 0 saturated carbocycles. The molecule has 0 atom stereocenters. The molecule has 3 N–H and O–H groups in total. The molecular weight excluding hydrogens is 242 g/mol. The van der Waals surface area contributed by atoms with E-state index in [1.54, 1.807) is 0 Å². The molecule has 84 valence electrons. The molecule has 4 nitrogen and oxygen atoms in total. The summed E-state index contributed by atoms with van der Waals surface area (Å²) >= 11 is 2.99. The third kappa shape index (κ3) is 2.23. The molecule has 0 aliphatic rings. The summed E-state index contributed by atoms with van der Waals surface area (Å²) in [5, 5.41) is 4.10. The highest BCUT2D eigenvalue weighted by Crippen LogP contribution is 2.37. The maximum atomic E-state index is 10.9. The SMILES string of the molecule is CC(=O)Nc1nc(C)c(-c2ccc(N)s2)s1. The summed E-state index contributed by atoms with van der Waals surface area (Å²) in [7, 11) is 0. The average Bonchev–Trinajstić information content (AvgIpc) is 2.72. The number of hydrogen-bond acceptors (Lipinski definition) is 5. The number of nitrogens with one attached hydrogen (secondary N) is 1. The van der Waals surface area contributed by atoms with Gasteiger partial charge in [-0.25, -0.2) is 4.98 Å². The Hall–Kier alpha value is -1.40. The fraction of sp³-hybridized carbons (Fsp3) is 0.200. The summed E-state index contributed by atoms with van der Waals surface area (Å²) in [5.41, 5.74) is 6.60. The molecule has 2 rings (SSSR count). The normalized spacial score (nSPS) is 10.4. The van der Waals surface area contributed by atoms with Gasteiger partial charge >= 0.3 is 0 Å². The van der Waals surface area contributed by atoms with Gasteiger partial charge in [0, 0.05) is 11.8 Å². The molecule has 6 heteroatoms. The standard InChI is InChI=1S/C10H11N3OS2/c1-5-9(7-3-4-8(11)15-7)16-10(12-5)13-6(2)14/h3-4H,11H2,1-2H3,(H,12,13,14). The van der Waals surface area contributed by atoms with E-state index >= 15 is 0 Å². The first-order valence-electron chi connectivity index (χ1n) is 4.67. The van der Waals surface area contributed by atoms with E-state index in [0.29, 0.717) is 5.13 Å². The third-order valence-corrected chi connectivity index (χ3v) is 4.10. The minimum atomic E-state index is -0.106. The van der Waals surface area contributed by atoms with E-state index < -0.39 is 0 Å². The van der Waals surface area contributed by atoms with Crippen LogP contribution in [0.3, 0.4) is 0 Å². The summed E-state index contributed by atoms with van der Waals surface area (Å²) in [5.74, 6) is -0.106. The van der Waals surface area contributed by atoms with Gasteiger partial charge in [-0.05, 0) is 19.1 Å². The second-order valence-corrected chi connectivity index (χ2v) is 5.43. The van der Waals surface area contributed by atoms with Crippen LogP contribution in [-0.2, 0) is 4.79 Å². The third-order valence-electron chi connectivity index (χ3n) is 1.93. The number of nitrogens with zero attached hydrogens (tertiary/aromatic N) is 1. The number of carbonyl (C=O) groups is 1. The fourth-order valence-electron chi connectivity index (χ4n) is 1.30. The van der Waals surface area contributed by atoms with Gasteiger partial charge in [0.15, 0.2) is 5.13 Å². The quantitative estimate of drug-likeness (QED) is 0.864. The molecule has 0 aliphatic heterocycles. The van der Waals surface area contributed by atoms with Crippen LogP contribution in [0.15, 0.2) is 12.1 Å². The van der Waals surface area contributed by atoms with E-state index in [4.69, 9.17) is 5.73 Å².